The number of nitrogens with zero attached hydrogens (tertiary/aromatic N) is 1. The van der Waals surface area contributed by atoms with Crippen molar-refractivity contribution < 1.29 is 0 Å². The van der Waals surface area contributed by atoms with Crippen molar-refractivity contribution in [1.29, 1.82) is 0 Å². The summed E-state index contributed by atoms with van der Waals surface area (Å²) in [5.74, 6) is 0. The Morgan fingerprint density at radius 2 is 1.56 bits per heavy atom. The van der Waals surface area contributed by atoms with E-state index in [2.05, 4.69) is 61.5 Å². The van der Waals surface area contributed by atoms with E-state index in [0.717, 1.165) is 18.8 Å². The average molecular weight is 268 g/mol. The summed E-state index contributed by atoms with van der Waals surface area (Å²) < 4.78 is 0. The molecule has 0 atom stereocenters. The van der Waals surface area contributed by atoms with Gasteiger partial charge in [-0.25, -0.2) is 0 Å². The van der Waals surface area contributed by atoms with Crippen molar-refractivity contribution in [2.24, 2.45) is 11.5 Å². The van der Waals surface area contributed by atoms with E-state index in [4.69, 9.17) is 5.73 Å². The second kappa shape index (κ2) is 7.76. The van der Waals surface area contributed by atoms with Crippen LogP contribution in [0.1, 0.15) is 25.0 Å². The molecule has 6 N–H and O–H groups in total. The summed E-state index contributed by atoms with van der Waals surface area (Å²) in [6.07, 6.45) is 0. The molecule has 0 amide bonds. The third-order valence-corrected chi connectivity index (χ3v) is 2.69. The largest absolute Gasteiger partial charge is 0.398 e. The maximum Gasteiger partial charge on any atom is 0.160 e. The van der Waals surface area contributed by atoms with E-state index >= 15 is 0 Å². The van der Waals surface area contributed by atoms with E-state index in [1.54, 1.807) is 0 Å². The van der Waals surface area contributed by atoms with Crippen LogP contribution in [0.2, 0.25) is 0 Å². The fourth-order valence-corrected chi connectivity index (χ4v) is 1.76. The van der Waals surface area contributed by atoms with Gasteiger partial charge in [0.05, 0.1) is 0 Å². The van der Waals surface area contributed by atoms with Crippen LogP contribution in [0.4, 0.5) is 11.4 Å². The fourth-order valence-electron chi connectivity index (χ4n) is 1.76. The molecule has 5 heteroatoms. The van der Waals surface area contributed by atoms with Crippen LogP contribution in [0.15, 0.2) is 12.1 Å². The van der Waals surface area contributed by atoms with E-state index in [0.29, 0.717) is 0 Å². The Kier molecular flexibility index (Phi) is 7.12. The molecular weight excluding hydrogens is 244 g/mol. The highest BCUT2D eigenvalue weighted by atomic mass is 32.1. The van der Waals surface area contributed by atoms with Crippen molar-refractivity contribution >= 4 is 28.7 Å². The van der Waals surface area contributed by atoms with E-state index in [1.807, 2.05) is 6.92 Å². The van der Waals surface area contributed by atoms with Gasteiger partial charge in [-0.05, 0) is 57.1 Å². The van der Waals surface area contributed by atoms with Gasteiger partial charge in [0.25, 0.3) is 0 Å². The van der Waals surface area contributed by atoms with Crippen LogP contribution in [0.5, 0.6) is 0 Å². The molecule has 0 fully saturated rings. The van der Waals surface area contributed by atoms with Gasteiger partial charge in [-0.1, -0.05) is 6.07 Å². The maximum atomic E-state index is 5.91. The normalized spacial score (nSPS) is 9.33. The summed E-state index contributed by atoms with van der Waals surface area (Å²) in [4.78, 5) is 2.32. The summed E-state index contributed by atoms with van der Waals surface area (Å²) in [6, 6.07) is 4.24. The van der Waals surface area contributed by atoms with Crippen LogP contribution in [0.25, 0.3) is 0 Å². The molecule has 0 aromatic heterocycles. The molecule has 18 heavy (non-hydrogen) atoms. The first-order valence-electron chi connectivity index (χ1n) is 6.00. The van der Waals surface area contributed by atoms with E-state index in [-0.39, 0.29) is 5.11 Å². The molecule has 0 spiro atoms. The van der Waals surface area contributed by atoms with Crippen molar-refractivity contribution in [3.8, 4) is 0 Å². The number of anilines is 2. The molecule has 0 aliphatic heterocycles. The summed E-state index contributed by atoms with van der Waals surface area (Å²) in [6.45, 7) is 10.6. The smallest absolute Gasteiger partial charge is 0.160 e. The van der Waals surface area contributed by atoms with Gasteiger partial charge in [-0.15, -0.1) is 0 Å². The lowest BCUT2D eigenvalue weighted by Gasteiger charge is -2.24. The van der Waals surface area contributed by atoms with Crippen molar-refractivity contribution in [3.05, 3.63) is 23.3 Å². The first-order chi connectivity index (χ1) is 8.33. The van der Waals surface area contributed by atoms with Crippen molar-refractivity contribution in [2.45, 2.75) is 27.7 Å². The van der Waals surface area contributed by atoms with Gasteiger partial charge >= 0.3 is 0 Å². The molecule has 0 bridgehead atoms. The second-order valence-electron chi connectivity index (χ2n) is 4.07. The summed E-state index contributed by atoms with van der Waals surface area (Å²) >= 11 is 4.09. The van der Waals surface area contributed by atoms with Crippen molar-refractivity contribution in [1.82, 2.24) is 0 Å². The van der Waals surface area contributed by atoms with Crippen molar-refractivity contribution in [2.75, 3.05) is 23.7 Å². The van der Waals surface area contributed by atoms with E-state index < -0.39 is 0 Å². The topological polar surface area (TPSA) is 81.3 Å². The molecule has 0 saturated carbocycles. The highest BCUT2D eigenvalue weighted by Crippen LogP contribution is 2.25. The molecular formula is C13H24N4S. The summed E-state index contributed by atoms with van der Waals surface area (Å²) in [5.41, 5.74) is 19.8. The molecule has 4 nitrogen and oxygen atoms in total. The second-order valence-corrected chi connectivity index (χ2v) is 4.54. The zero-order chi connectivity index (χ0) is 14.3. The first kappa shape index (κ1) is 16.5. The quantitative estimate of drug-likeness (QED) is 0.576. The predicted molar refractivity (Wildman–Crippen MR) is 84.9 cm³/mol. The molecule has 1 rings (SSSR count). The monoisotopic (exact) mass is 268 g/mol. The van der Waals surface area contributed by atoms with Gasteiger partial charge < -0.3 is 22.1 Å². The van der Waals surface area contributed by atoms with Gasteiger partial charge in [0.1, 0.15) is 0 Å². The number of benzene rings is 1. The molecule has 0 saturated heterocycles. The Balaban J connectivity index is 0.000000631. The molecule has 1 aromatic rings. The van der Waals surface area contributed by atoms with Crippen LogP contribution in [0.3, 0.4) is 0 Å². The van der Waals surface area contributed by atoms with Crippen LogP contribution in [0, 0.1) is 13.8 Å². The first-order valence-corrected chi connectivity index (χ1v) is 6.40. The third kappa shape index (κ3) is 5.23. The summed E-state index contributed by atoms with van der Waals surface area (Å²) in [5, 5.41) is 0.000000000000000222. The predicted octanol–water partition coefficient (Wildman–Crippen LogP) is 1.92. The van der Waals surface area contributed by atoms with E-state index in [9.17, 15) is 0 Å². The zero-order valence-corrected chi connectivity index (χ0v) is 12.5. The Hall–Kier alpha value is -1.49. The molecule has 102 valence electrons. The third-order valence-electron chi connectivity index (χ3n) is 2.69. The van der Waals surface area contributed by atoms with Gasteiger partial charge in [0.15, 0.2) is 5.11 Å². The molecule has 0 aliphatic rings. The Labute approximate surface area is 115 Å². The van der Waals surface area contributed by atoms with Crippen LogP contribution in [-0.2, 0) is 0 Å². The minimum Gasteiger partial charge on any atom is -0.398 e. The molecule has 1 aromatic carbocycles. The van der Waals surface area contributed by atoms with Crippen molar-refractivity contribution in [3.63, 3.8) is 0 Å². The highest BCUT2D eigenvalue weighted by molar-refractivity contribution is 7.80. The number of hydrogen-bond donors (Lipinski definition) is 3. The Bertz CT molecular complexity index is 396. The standard InChI is InChI=1S/C12H20N2.CH4N2S/c1-5-14(6-2)12-8-11(13)9(3)7-10(12)4;2-1(3)4/h7-8H,5-6,13H2,1-4H3;(H4,2,3,4). The molecule has 0 heterocycles. The van der Waals surface area contributed by atoms with Gasteiger partial charge in [0, 0.05) is 24.5 Å². The highest BCUT2D eigenvalue weighted by Gasteiger charge is 2.07. The fraction of sp³-hybridized carbons (Fsp3) is 0.462. The number of thiocarbonyl (C=S) groups is 1. The molecule has 0 aliphatic carbocycles. The SMILES string of the molecule is CCN(CC)c1cc(N)c(C)cc1C.NC(N)=S. The van der Waals surface area contributed by atoms with E-state index in [1.165, 1.54) is 16.8 Å². The van der Waals surface area contributed by atoms with Gasteiger partial charge in [-0.3, -0.25) is 0 Å². The maximum absolute atomic E-state index is 5.91. The minimum atomic E-state index is 0.000000000000000222. The van der Waals surface area contributed by atoms with Crippen LogP contribution < -0.4 is 22.1 Å². The minimum absolute atomic E-state index is 0.000000000000000222. The van der Waals surface area contributed by atoms with Gasteiger partial charge in [0.2, 0.25) is 0 Å². The molecule has 0 unspecified atom stereocenters. The number of nitrogens with two attached hydrogens (primary N) is 3. The Morgan fingerprint density at radius 3 is 1.94 bits per heavy atom. The molecule has 0 radical (unpaired) electrons. The summed E-state index contributed by atoms with van der Waals surface area (Å²) in [7, 11) is 0. The lowest BCUT2D eigenvalue weighted by atomic mass is 10.1. The number of rotatable bonds is 3. The van der Waals surface area contributed by atoms with Crippen LogP contribution in [-0.4, -0.2) is 18.2 Å². The number of hydrogen-bond acceptors (Lipinski definition) is 3. The van der Waals surface area contributed by atoms with Gasteiger partial charge in [-0.2, -0.15) is 0 Å². The zero-order valence-electron chi connectivity index (χ0n) is 11.7. The average Bonchev–Trinajstić information content (AvgIpc) is 2.26. The number of nitrogen functional groups attached to an aromatic ring is 1. The number of aryl methyl sites for hydroxylation is 2. The lowest BCUT2D eigenvalue weighted by Crippen LogP contribution is -2.22. The lowest BCUT2D eigenvalue weighted by molar-refractivity contribution is 0.862. The Morgan fingerprint density at radius 1 is 1.11 bits per heavy atom. The van der Waals surface area contributed by atoms with Crippen LogP contribution >= 0.6 is 12.2 Å².